The van der Waals surface area contributed by atoms with E-state index in [9.17, 15) is 4.79 Å². The van der Waals surface area contributed by atoms with Crippen LogP contribution in [0.1, 0.15) is 31.4 Å². The molecule has 0 unspecified atom stereocenters. The Hall–Kier alpha value is -1.57. The molecule has 0 N–H and O–H groups in total. The van der Waals surface area contributed by atoms with Gasteiger partial charge >= 0.3 is 5.97 Å². The maximum absolute atomic E-state index is 11.2. The Bertz CT molecular complexity index is 392. The van der Waals surface area contributed by atoms with Crippen molar-refractivity contribution in [3.63, 3.8) is 0 Å². The summed E-state index contributed by atoms with van der Waals surface area (Å²) in [4.78, 5) is 11.2. The number of rotatable bonds is 4. The van der Waals surface area contributed by atoms with Crippen LogP contribution in [-0.2, 0) is 11.2 Å². The molecule has 0 heterocycles. The summed E-state index contributed by atoms with van der Waals surface area (Å²) in [6.45, 7) is 5.85. The number of hydrogen-bond acceptors (Lipinski definition) is 2. The average Bonchev–Trinajstić information content (AvgIpc) is 2.29. The van der Waals surface area contributed by atoms with Gasteiger partial charge in [-0.05, 0) is 43.5 Å². The van der Waals surface area contributed by atoms with Crippen molar-refractivity contribution in [2.45, 2.75) is 33.6 Å². The van der Waals surface area contributed by atoms with Crippen molar-refractivity contribution in [3.05, 3.63) is 41.5 Å². The van der Waals surface area contributed by atoms with Gasteiger partial charge < -0.3 is 4.74 Å². The molecule has 0 spiro atoms. The molecular formula is C14H18O2. The molecule has 0 saturated heterocycles. The van der Waals surface area contributed by atoms with Crippen LogP contribution in [0.3, 0.4) is 0 Å². The first-order valence-electron chi connectivity index (χ1n) is 5.58. The highest BCUT2D eigenvalue weighted by Crippen LogP contribution is 2.18. The molecule has 1 rings (SSSR count). The van der Waals surface area contributed by atoms with E-state index in [1.165, 1.54) is 11.1 Å². The van der Waals surface area contributed by atoms with Crippen molar-refractivity contribution in [2.24, 2.45) is 0 Å². The lowest BCUT2D eigenvalue weighted by Crippen LogP contribution is -2.05. The van der Waals surface area contributed by atoms with Crippen molar-refractivity contribution in [3.8, 4) is 5.75 Å². The van der Waals surface area contributed by atoms with Gasteiger partial charge in [0.25, 0.3) is 0 Å². The first-order chi connectivity index (χ1) is 7.67. The molecule has 0 saturated carbocycles. The summed E-state index contributed by atoms with van der Waals surface area (Å²) in [5.41, 5.74) is 2.41. The molecule has 0 bridgehead atoms. The molecule has 2 heteroatoms. The van der Waals surface area contributed by atoms with Gasteiger partial charge in [-0.25, -0.2) is 0 Å². The average molecular weight is 218 g/mol. The van der Waals surface area contributed by atoms with E-state index in [0.717, 1.165) is 6.42 Å². The van der Waals surface area contributed by atoms with Gasteiger partial charge in [0.05, 0.1) is 0 Å². The van der Waals surface area contributed by atoms with Gasteiger partial charge in [-0.3, -0.25) is 4.79 Å². The summed E-state index contributed by atoms with van der Waals surface area (Å²) in [6.07, 6.45) is 5.38. The molecule has 0 amide bonds. The second-order valence-corrected chi connectivity index (χ2v) is 3.69. The highest BCUT2D eigenvalue weighted by atomic mass is 16.5. The summed E-state index contributed by atoms with van der Waals surface area (Å²) in [7, 11) is 0. The quantitative estimate of drug-likeness (QED) is 0.439. The molecule has 86 valence electrons. The van der Waals surface area contributed by atoms with Gasteiger partial charge in [-0.2, -0.15) is 0 Å². The second kappa shape index (κ2) is 6.11. The molecule has 0 radical (unpaired) electrons. The van der Waals surface area contributed by atoms with Gasteiger partial charge in [0, 0.05) is 6.42 Å². The van der Waals surface area contributed by atoms with E-state index in [1.54, 1.807) is 6.92 Å². The SMILES string of the molecule is CC=CCc1cc(OC(=O)CC)ccc1C. The van der Waals surface area contributed by atoms with Crippen LogP contribution in [0, 0.1) is 6.92 Å². The van der Waals surface area contributed by atoms with Crippen molar-refractivity contribution >= 4 is 5.97 Å². The minimum absolute atomic E-state index is 0.194. The summed E-state index contributed by atoms with van der Waals surface area (Å²) >= 11 is 0. The van der Waals surface area contributed by atoms with Crippen LogP contribution in [0.25, 0.3) is 0 Å². The number of carbonyl (C=O) groups excluding carboxylic acids is 1. The molecule has 2 nitrogen and oxygen atoms in total. The van der Waals surface area contributed by atoms with Crippen molar-refractivity contribution in [2.75, 3.05) is 0 Å². The minimum atomic E-state index is -0.194. The van der Waals surface area contributed by atoms with E-state index < -0.39 is 0 Å². The lowest BCUT2D eigenvalue weighted by atomic mass is 10.1. The number of esters is 1. The second-order valence-electron chi connectivity index (χ2n) is 3.69. The molecule has 1 aromatic rings. The molecule has 16 heavy (non-hydrogen) atoms. The fourth-order valence-corrected chi connectivity index (χ4v) is 1.38. The van der Waals surface area contributed by atoms with Crippen molar-refractivity contribution in [1.82, 2.24) is 0 Å². The summed E-state index contributed by atoms with van der Waals surface area (Å²) < 4.78 is 5.18. The number of allylic oxidation sites excluding steroid dienone is 2. The molecule has 0 aliphatic heterocycles. The maximum atomic E-state index is 11.2. The lowest BCUT2D eigenvalue weighted by Gasteiger charge is -2.07. The van der Waals surface area contributed by atoms with Crippen LogP contribution >= 0.6 is 0 Å². The van der Waals surface area contributed by atoms with Crippen LogP contribution in [0.2, 0.25) is 0 Å². The molecule has 0 aliphatic rings. The molecular weight excluding hydrogens is 200 g/mol. The third-order valence-corrected chi connectivity index (χ3v) is 2.41. The smallest absolute Gasteiger partial charge is 0.310 e. The number of hydrogen-bond donors (Lipinski definition) is 0. The fourth-order valence-electron chi connectivity index (χ4n) is 1.38. The number of carbonyl (C=O) groups is 1. The van der Waals surface area contributed by atoms with Crippen LogP contribution in [0.15, 0.2) is 30.4 Å². The summed E-state index contributed by atoms with van der Waals surface area (Å²) in [5, 5.41) is 0. The molecule has 0 aromatic heterocycles. The van der Waals surface area contributed by atoms with E-state index in [-0.39, 0.29) is 5.97 Å². The van der Waals surface area contributed by atoms with Gasteiger partial charge in [-0.1, -0.05) is 25.1 Å². The van der Waals surface area contributed by atoms with Crippen LogP contribution < -0.4 is 4.74 Å². The largest absolute Gasteiger partial charge is 0.427 e. The van der Waals surface area contributed by atoms with E-state index in [2.05, 4.69) is 13.0 Å². The predicted octanol–water partition coefficient (Wildman–Crippen LogP) is 3.43. The Morgan fingerprint density at radius 3 is 2.81 bits per heavy atom. The first-order valence-corrected chi connectivity index (χ1v) is 5.58. The highest BCUT2D eigenvalue weighted by Gasteiger charge is 2.04. The zero-order chi connectivity index (χ0) is 12.0. The predicted molar refractivity (Wildman–Crippen MR) is 65.6 cm³/mol. The Balaban J connectivity index is 2.84. The summed E-state index contributed by atoms with van der Waals surface area (Å²) in [6, 6.07) is 5.75. The van der Waals surface area contributed by atoms with Crippen LogP contribution in [-0.4, -0.2) is 5.97 Å². The van der Waals surface area contributed by atoms with Gasteiger partial charge in [0.2, 0.25) is 0 Å². The zero-order valence-electron chi connectivity index (χ0n) is 10.1. The van der Waals surface area contributed by atoms with E-state index in [1.807, 2.05) is 31.2 Å². The molecule has 0 fully saturated rings. The molecule has 0 atom stereocenters. The zero-order valence-corrected chi connectivity index (χ0v) is 10.1. The lowest BCUT2D eigenvalue weighted by molar-refractivity contribution is -0.134. The van der Waals surface area contributed by atoms with Crippen molar-refractivity contribution < 1.29 is 9.53 Å². The summed E-state index contributed by atoms with van der Waals surface area (Å²) in [5.74, 6) is 0.442. The third kappa shape index (κ3) is 3.54. The van der Waals surface area contributed by atoms with Crippen LogP contribution in [0.5, 0.6) is 5.75 Å². The maximum Gasteiger partial charge on any atom is 0.310 e. The van der Waals surface area contributed by atoms with Gasteiger partial charge in [-0.15, -0.1) is 0 Å². The Morgan fingerprint density at radius 2 is 2.19 bits per heavy atom. The molecule has 1 aromatic carbocycles. The Morgan fingerprint density at radius 1 is 1.44 bits per heavy atom. The van der Waals surface area contributed by atoms with Crippen molar-refractivity contribution in [1.29, 1.82) is 0 Å². The van der Waals surface area contributed by atoms with E-state index in [0.29, 0.717) is 12.2 Å². The number of aryl methyl sites for hydroxylation is 1. The third-order valence-electron chi connectivity index (χ3n) is 2.41. The fraction of sp³-hybridized carbons (Fsp3) is 0.357. The minimum Gasteiger partial charge on any atom is -0.427 e. The normalized spacial score (nSPS) is 10.7. The van der Waals surface area contributed by atoms with Gasteiger partial charge in [0.15, 0.2) is 0 Å². The topological polar surface area (TPSA) is 26.3 Å². The van der Waals surface area contributed by atoms with Gasteiger partial charge in [0.1, 0.15) is 5.75 Å². The standard InChI is InChI=1S/C14H18O2/c1-4-6-7-12-10-13(9-8-11(12)3)16-14(15)5-2/h4,6,8-10H,5,7H2,1-3H3. The monoisotopic (exact) mass is 218 g/mol. The van der Waals surface area contributed by atoms with E-state index in [4.69, 9.17) is 4.74 Å². The number of benzene rings is 1. The Labute approximate surface area is 96.9 Å². The number of ether oxygens (including phenoxy) is 1. The Kier molecular flexibility index (Phi) is 4.77. The van der Waals surface area contributed by atoms with Crippen LogP contribution in [0.4, 0.5) is 0 Å². The highest BCUT2D eigenvalue weighted by molar-refractivity contribution is 5.72. The van der Waals surface area contributed by atoms with E-state index >= 15 is 0 Å². The molecule has 0 aliphatic carbocycles. The first kappa shape index (κ1) is 12.5.